The Bertz CT molecular complexity index is 647. The third-order valence-corrected chi connectivity index (χ3v) is 3.21. The number of carbonyl (C=O) groups is 2. The van der Waals surface area contributed by atoms with E-state index in [9.17, 15) is 9.59 Å². The van der Waals surface area contributed by atoms with Crippen LogP contribution in [0.3, 0.4) is 0 Å². The Balaban J connectivity index is 1.49. The number of ether oxygens (including phenoxy) is 2. The van der Waals surface area contributed by atoms with Gasteiger partial charge in [-0.2, -0.15) is 0 Å². The minimum Gasteiger partial charge on any atom is -0.494 e. The molecule has 0 fully saturated rings. The molecule has 0 spiro atoms. The number of nitrogens with one attached hydrogen (secondary N) is 2. The molecule has 6 nitrogen and oxygen atoms in total. The van der Waals surface area contributed by atoms with Crippen LogP contribution in [0.15, 0.2) is 60.7 Å². The lowest BCUT2D eigenvalue weighted by atomic mass is 10.3. The Morgan fingerprint density at radius 1 is 0.760 bits per heavy atom. The van der Waals surface area contributed by atoms with Gasteiger partial charge in [0, 0.05) is 6.54 Å². The van der Waals surface area contributed by atoms with Crippen LogP contribution in [-0.2, 0) is 9.59 Å². The number of para-hydroxylation sites is 2. The second kappa shape index (κ2) is 10.7. The Labute approximate surface area is 147 Å². The minimum absolute atomic E-state index is 0.0729. The van der Waals surface area contributed by atoms with E-state index in [1.54, 1.807) is 12.1 Å². The zero-order valence-corrected chi connectivity index (χ0v) is 13.9. The summed E-state index contributed by atoms with van der Waals surface area (Å²) in [6.07, 6.45) is 0.686. The van der Waals surface area contributed by atoms with Gasteiger partial charge in [0.1, 0.15) is 11.5 Å². The maximum atomic E-state index is 11.6. The third kappa shape index (κ3) is 7.87. The SMILES string of the molecule is O=C(CNC(=O)COc1ccccc1)NCCCOc1ccccc1. The van der Waals surface area contributed by atoms with Gasteiger partial charge in [-0.25, -0.2) is 0 Å². The van der Waals surface area contributed by atoms with Gasteiger partial charge in [0.05, 0.1) is 13.2 Å². The average Bonchev–Trinajstić information content (AvgIpc) is 2.66. The molecule has 2 rings (SSSR count). The van der Waals surface area contributed by atoms with Crippen LogP contribution >= 0.6 is 0 Å². The molecule has 0 aliphatic carbocycles. The van der Waals surface area contributed by atoms with Gasteiger partial charge in [0.15, 0.2) is 6.61 Å². The smallest absolute Gasteiger partial charge is 0.258 e. The van der Waals surface area contributed by atoms with Crippen molar-refractivity contribution < 1.29 is 19.1 Å². The van der Waals surface area contributed by atoms with Gasteiger partial charge in [-0.15, -0.1) is 0 Å². The molecule has 0 radical (unpaired) electrons. The van der Waals surface area contributed by atoms with Crippen molar-refractivity contribution in [3.05, 3.63) is 60.7 Å². The van der Waals surface area contributed by atoms with Crippen molar-refractivity contribution in [3.8, 4) is 11.5 Å². The molecule has 6 heteroatoms. The molecule has 0 aromatic heterocycles. The van der Waals surface area contributed by atoms with E-state index in [2.05, 4.69) is 10.6 Å². The van der Waals surface area contributed by atoms with Crippen molar-refractivity contribution in [2.45, 2.75) is 6.42 Å². The van der Waals surface area contributed by atoms with Gasteiger partial charge in [-0.1, -0.05) is 36.4 Å². The first-order chi connectivity index (χ1) is 12.2. The number of amides is 2. The van der Waals surface area contributed by atoms with Crippen molar-refractivity contribution >= 4 is 11.8 Å². The van der Waals surface area contributed by atoms with E-state index in [1.807, 2.05) is 48.5 Å². The second-order valence-electron chi connectivity index (χ2n) is 5.24. The van der Waals surface area contributed by atoms with Crippen LogP contribution in [0.25, 0.3) is 0 Å². The number of rotatable bonds is 10. The molecule has 0 unspecified atom stereocenters. The standard InChI is InChI=1S/C19H22N2O4/c22-18(20-12-7-13-24-16-8-3-1-4-9-16)14-21-19(23)15-25-17-10-5-2-6-11-17/h1-6,8-11H,7,12-15H2,(H,20,22)(H,21,23). The number of carbonyl (C=O) groups excluding carboxylic acids is 2. The summed E-state index contributed by atoms with van der Waals surface area (Å²) in [5, 5.41) is 5.24. The van der Waals surface area contributed by atoms with E-state index in [0.717, 1.165) is 5.75 Å². The van der Waals surface area contributed by atoms with Gasteiger partial charge in [0.25, 0.3) is 5.91 Å². The summed E-state index contributed by atoms with van der Waals surface area (Å²) in [7, 11) is 0. The quantitative estimate of drug-likeness (QED) is 0.645. The van der Waals surface area contributed by atoms with Crippen molar-refractivity contribution in [3.63, 3.8) is 0 Å². The highest BCUT2D eigenvalue weighted by molar-refractivity contribution is 5.85. The normalized spacial score (nSPS) is 9.92. The van der Waals surface area contributed by atoms with E-state index in [-0.39, 0.29) is 25.0 Å². The fraction of sp³-hybridized carbons (Fsp3) is 0.263. The summed E-state index contributed by atoms with van der Waals surface area (Å²) in [5.41, 5.74) is 0. The molecular weight excluding hydrogens is 320 g/mol. The molecule has 0 aliphatic rings. The molecule has 2 aromatic rings. The second-order valence-corrected chi connectivity index (χ2v) is 5.24. The summed E-state index contributed by atoms with van der Waals surface area (Å²) in [6, 6.07) is 18.5. The Hall–Kier alpha value is -3.02. The maximum Gasteiger partial charge on any atom is 0.258 e. The van der Waals surface area contributed by atoms with Crippen molar-refractivity contribution in [2.24, 2.45) is 0 Å². The predicted octanol–water partition coefficient (Wildman–Crippen LogP) is 1.77. The van der Waals surface area contributed by atoms with Crippen LogP contribution in [-0.4, -0.2) is 38.1 Å². The molecule has 25 heavy (non-hydrogen) atoms. The van der Waals surface area contributed by atoms with Crippen molar-refractivity contribution in [1.29, 1.82) is 0 Å². The molecule has 0 atom stereocenters. The first-order valence-electron chi connectivity index (χ1n) is 8.13. The summed E-state index contributed by atoms with van der Waals surface area (Å²) >= 11 is 0. The number of hydrogen-bond donors (Lipinski definition) is 2. The van der Waals surface area contributed by atoms with Gasteiger partial charge in [0.2, 0.25) is 5.91 Å². The third-order valence-electron chi connectivity index (χ3n) is 3.21. The molecule has 2 aromatic carbocycles. The zero-order chi connectivity index (χ0) is 17.7. The van der Waals surface area contributed by atoms with Gasteiger partial charge in [-0.05, 0) is 30.7 Å². The van der Waals surface area contributed by atoms with E-state index in [0.29, 0.717) is 25.3 Å². The van der Waals surface area contributed by atoms with Crippen LogP contribution in [0.1, 0.15) is 6.42 Å². The lowest BCUT2D eigenvalue weighted by Crippen LogP contribution is -2.39. The number of benzene rings is 2. The van der Waals surface area contributed by atoms with Crippen molar-refractivity contribution in [1.82, 2.24) is 10.6 Å². The van der Waals surface area contributed by atoms with E-state index >= 15 is 0 Å². The van der Waals surface area contributed by atoms with Crippen LogP contribution in [0.5, 0.6) is 11.5 Å². The predicted molar refractivity (Wildman–Crippen MR) is 94.5 cm³/mol. The minimum atomic E-state index is -0.341. The summed E-state index contributed by atoms with van der Waals surface area (Å²) in [6.45, 7) is 0.808. The van der Waals surface area contributed by atoms with E-state index in [1.165, 1.54) is 0 Å². The maximum absolute atomic E-state index is 11.6. The number of hydrogen-bond acceptors (Lipinski definition) is 4. The fourth-order valence-electron chi connectivity index (χ4n) is 1.96. The molecule has 0 heterocycles. The van der Waals surface area contributed by atoms with Crippen LogP contribution in [0, 0.1) is 0 Å². The summed E-state index contributed by atoms with van der Waals surface area (Å²) in [5.74, 6) is 0.833. The van der Waals surface area contributed by atoms with E-state index < -0.39 is 0 Å². The molecule has 0 aliphatic heterocycles. The highest BCUT2D eigenvalue weighted by Crippen LogP contribution is 2.08. The largest absolute Gasteiger partial charge is 0.494 e. The lowest BCUT2D eigenvalue weighted by molar-refractivity contribution is -0.127. The van der Waals surface area contributed by atoms with Crippen molar-refractivity contribution in [2.75, 3.05) is 26.3 Å². The van der Waals surface area contributed by atoms with Gasteiger partial charge < -0.3 is 20.1 Å². The fourth-order valence-corrected chi connectivity index (χ4v) is 1.96. The zero-order valence-electron chi connectivity index (χ0n) is 13.9. The summed E-state index contributed by atoms with van der Waals surface area (Å²) < 4.78 is 10.8. The molecular formula is C19H22N2O4. The first-order valence-corrected chi connectivity index (χ1v) is 8.13. The molecule has 132 valence electrons. The van der Waals surface area contributed by atoms with Crippen LogP contribution < -0.4 is 20.1 Å². The summed E-state index contributed by atoms with van der Waals surface area (Å²) in [4.78, 5) is 23.3. The average molecular weight is 342 g/mol. The molecule has 2 amide bonds. The van der Waals surface area contributed by atoms with Gasteiger partial charge >= 0.3 is 0 Å². The van der Waals surface area contributed by atoms with Crippen LogP contribution in [0.2, 0.25) is 0 Å². The monoisotopic (exact) mass is 342 g/mol. The molecule has 2 N–H and O–H groups in total. The molecule has 0 saturated heterocycles. The molecule has 0 saturated carbocycles. The van der Waals surface area contributed by atoms with Crippen LogP contribution in [0.4, 0.5) is 0 Å². The highest BCUT2D eigenvalue weighted by Gasteiger charge is 2.06. The Morgan fingerprint density at radius 2 is 1.36 bits per heavy atom. The topological polar surface area (TPSA) is 76.7 Å². The Morgan fingerprint density at radius 3 is 2.00 bits per heavy atom. The van der Waals surface area contributed by atoms with E-state index in [4.69, 9.17) is 9.47 Å². The lowest BCUT2D eigenvalue weighted by Gasteiger charge is -2.09. The highest BCUT2D eigenvalue weighted by atomic mass is 16.5. The van der Waals surface area contributed by atoms with Gasteiger partial charge in [-0.3, -0.25) is 9.59 Å². The Kier molecular flexibility index (Phi) is 7.84. The molecule has 0 bridgehead atoms. The first kappa shape index (κ1) is 18.3.